The lowest BCUT2D eigenvalue weighted by Crippen LogP contribution is -2.46. The molecule has 0 aliphatic heterocycles. The molecule has 0 spiro atoms. The molecule has 3 aromatic rings. The molecule has 2 amide bonds. The number of ether oxygens (including phenoxy) is 3. The van der Waals surface area contributed by atoms with Crippen molar-refractivity contribution < 1.29 is 37.4 Å². The molecule has 1 aromatic carbocycles. The van der Waals surface area contributed by atoms with Gasteiger partial charge in [-0.1, -0.05) is 26.0 Å². The zero-order valence-electron chi connectivity index (χ0n) is 24.3. The third-order valence-electron chi connectivity index (χ3n) is 5.79. The van der Waals surface area contributed by atoms with Crippen LogP contribution in [0.25, 0.3) is 0 Å². The molecule has 42 heavy (non-hydrogen) atoms. The maximum absolute atomic E-state index is 13.7. The second-order valence-corrected chi connectivity index (χ2v) is 10.0. The molecule has 2 heterocycles. The smallest absolute Gasteiger partial charge is 0.446 e. The highest BCUT2D eigenvalue weighted by Crippen LogP contribution is 2.23. The number of carbonyl (C=O) groups is 3. The van der Waals surface area contributed by atoms with E-state index >= 15 is 0 Å². The minimum atomic E-state index is -1.35. The highest BCUT2D eigenvalue weighted by Gasteiger charge is 2.34. The van der Waals surface area contributed by atoms with E-state index in [9.17, 15) is 23.6 Å². The third-order valence-corrected chi connectivity index (χ3v) is 5.79. The van der Waals surface area contributed by atoms with E-state index in [-0.39, 0.29) is 30.8 Å². The Morgan fingerprint density at radius 3 is 2.36 bits per heavy atom. The Bertz CT molecular complexity index is 1500. The minimum absolute atomic E-state index is 0.0243. The van der Waals surface area contributed by atoms with Crippen molar-refractivity contribution in [2.75, 3.05) is 6.61 Å². The number of nitrogens with zero attached hydrogens (tertiary/aromatic N) is 4. The Balaban J connectivity index is 2.04. The van der Waals surface area contributed by atoms with Gasteiger partial charge in [0.2, 0.25) is 11.6 Å². The zero-order valence-corrected chi connectivity index (χ0v) is 24.3. The molecule has 0 aliphatic rings. The Labute approximate surface area is 240 Å². The highest BCUT2D eigenvalue weighted by atomic mass is 19.1. The Hall–Kier alpha value is -4.82. The van der Waals surface area contributed by atoms with Gasteiger partial charge < -0.3 is 29.3 Å². The van der Waals surface area contributed by atoms with E-state index in [0.717, 1.165) is 4.57 Å². The topological polar surface area (TPSA) is 177 Å². The fourth-order valence-corrected chi connectivity index (χ4v) is 3.71. The number of rotatable bonds is 11. The maximum atomic E-state index is 13.7. The predicted molar refractivity (Wildman–Crippen MR) is 144 cm³/mol. The van der Waals surface area contributed by atoms with Crippen molar-refractivity contribution in [1.29, 1.82) is 0 Å². The number of hydrogen-bond donors (Lipinski definition) is 2. The molecule has 14 nitrogen and oxygen atoms in total. The van der Waals surface area contributed by atoms with Crippen LogP contribution in [-0.2, 0) is 28.6 Å². The van der Waals surface area contributed by atoms with Gasteiger partial charge >= 0.3 is 18.0 Å². The molecule has 0 aliphatic carbocycles. The second kappa shape index (κ2) is 13.2. The summed E-state index contributed by atoms with van der Waals surface area (Å²) in [6.07, 6.45) is -2.35. The summed E-state index contributed by atoms with van der Waals surface area (Å²) in [6, 6.07) is 5.44. The number of halogens is 1. The standard InChI is InChI=1S/C27H33FN6O8/c1-8-39-26(38)42-24(14(2)3)41-19-18(20(35)29-13-16-9-11-17(28)12-10-16)30-25(34(7)23(19)37)27(5,6)31-21(36)22-33-32-15(4)40-22/h9-12,14,24H,8,13H2,1-7H3,(H,29,35)(H,31,36). The molecular weight excluding hydrogens is 555 g/mol. The van der Waals surface area contributed by atoms with Crippen LogP contribution in [-0.4, -0.2) is 50.6 Å². The predicted octanol–water partition coefficient (Wildman–Crippen LogP) is 2.74. The highest BCUT2D eigenvalue weighted by molar-refractivity contribution is 5.95. The second-order valence-electron chi connectivity index (χ2n) is 10.0. The van der Waals surface area contributed by atoms with E-state index in [1.54, 1.807) is 34.6 Å². The van der Waals surface area contributed by atoms with E-state index in [2.05, 4.69) is 25.8 Å². The summed E-state index contributed by atoms with van der Waals surface area (Å²) in [5, 5.41) is 12.6. The van der Waals surface area contributed by atoms with Gasteiger partial charge in [0.05, 0.1) is 12.1 Å². The third kappa shape index (κ3) is 7.67. The van der Waals surface area contributed by atoms with E-state index in [0.29, 0.717) is 5.56 Å². The average molecular weight is 589 g/mol. The first-order valence-electron chi connectivity index (χ1n) is 13.0. The van der Waals surface area contributed by atoms with Crippen molar-refractivity contribution >= 4 is 18.0 Å². The summed E-state index contributed by atoms with van der Waals surface area (Å²) >= 11 is 0. The van der Waals surface area contributed by atoms with Gasteiger partial charge in [-0.05, 0) is 38.5 Å². The SMILES string of the molecule is CCOC(=O)OC(Oc1c(C(=O)NCc2ccc(F)cc2)nc(C(C)(C)NC(=O)c2nnc(C)o2)n(C)c1=O)C(C)C. The number of aromatic nitrogens is 4. The first kappa shape index (κ1) is 31.7. The largest absolute Gasteiger partial charge is 0.511 e. The van der Waals surface area contributed by atoms with E-state index in [4.69, 9.17) is 18.6 Å². The quantitative estimate of drug-likeness (QED) is 0.249. The number of carbonyl (C=O) groups excluding carboxylic acids is 3. The molecular formula is C27H33FN6O8. The zero-order chi connectivity index (χ0) is 31.2. The van der Waals surface area contributed by atoms with Gasteiger partial charge in [-0.2, -0.15) is 0 Å². The van der Waals surface area contributed by atoms with Crippen molar-refractivity contribution in [2.45, 2.75) is 59.9 Å². The van der Waals surface area contributed by atoms with Crippen LogP contribution in [0, 0.1) is 18.7 Å². The van der Waals surface area contributed by atoms with Gasteiger partial charge in [0.25, 0.3) is 17.8 Å². The lowest BCUT2D eigenvalue weighted by atomic mass is 10.0. The van der Waals surface area contributed by atoms with Gasteiger partial charge in [0.15, 0.2) is 5.69 Å². The summed E-state index contributed by atoms with van der Waals surface area (Å²) in [5.41, 5.74) is -2.02. The molecule has 1 unspecified atom stereocenters. The molecule has 0 saturated carbocycles. The molecule has 0 fully saturated rings. The van der Waals surface area contributed by atoms with Gasteiger partial charge in [-0.25, -0.2) is 14.2 Å². The van der Waals surface area contributed by atoms with Crippen molar-refractivity contribution in [3.63, 3.8) is 0 Å². The monoisotopic (exact) mass is 588 g/mol. The Morgan fingerprint density at radius 1 is 1.12 bits per heavy atom. The lowest BCUT2D eigenvalue weighted by molar-refractivity contribution is -0.0884. The summed E-state index contributed by atoms with van der Waals surface area (Å²) in [6.45, 7) is 9.57. The molecule has 0 radical (unpaired) electrons. The number of hydrogen-bond acceptors (Lipinski definition) is 11. The maximum Gasteiger partial charge on any atom is 0.511 e. The number of benzene rings is 1. The summed E-state index contributed by atoms with van der Waals surface area (Å²) in [4.78, 5) is 56.3. The molecule has 2 N–H and O–H groups in total. The van der Waals surface area contributed by atoms with Gasteiger partial charge in [-0.15, -0.1) is 10.2 Å². The minimum Gasteiger partial charge on any atom is -0.446 e. The van der Waals surface area contributed by atoms with Gasteiger partial charge in [0.1, 0.15) is 11.6 Å². The van der Waals surface area contributed by atoms with Gasteiger partial charge in [-0.3, -0.25) is 19.0 Å². The van der Waals surface area contributed by atoms with Crippen LogP contribution < -0.4 is 20.9 Å². The van der Waals surface area contributed by atoms with Gasteiger partial charge in [0, 0.05) is 26.4 Å². The summed E-state index contributed by atoms with van der Waals surface area (Å²) < 4.78 is 35.4. The Kier molecular flexibility index (Phi) is 9.99. The van der Waals surface area contributed by atoms with Crippen molar-refractivity contribution in [3.05, 3.63) is 69.3 Å². The molecule has 2 aromatic heterocycles. The van der Waals surface area contributed by atoms with Crippen LogP contribution in [0.1, 0.15) is 73.1 Å². The summed E-state index contributed by atoms with van der Waals surface area (Å²) in [5.74, 6) is -3.13. The van der Waals surface area contributed by atoms with Crippen molar-refractivity contribution in [3.8, 4) is 5.75 Å². The molecule has 226 valence electrons. The summed E-state index contributed by atoms with van der Waals surface area (Å²) in [7, 11) is 1.37. The number of amides is 2. The lowest BCUT2D eigenvalue weighted by Gasteiger charge is -2.28. The van der Waals surface area contributed by atoms with Crippen LogP contribution in [0.15, 0.2) is 33.5 Å². The fraction of sp³-hybridized carbons (Fsp3) is 0.444. The molecule has 15 heteroatoms. The normalized spacial score (nSPS) is 12.0. The molecule has 3 rings (SSSR count). The first-order chi connectivity index (χ1) is 19.7. The van der Waals surface area contributed by atoms with E-state index in [1.165, 1.54) is 38.2 Å². The van der Waals surface area contributed by atoms with Crippen molar-refractivity contribution in [2.24, 2.45) is 13.0 Å². The van der Waals surface area contributed by atoms with Crippen LogP contribution in [0.2, 0.25) is 0 Å². The first-order valence-corrected chi connectivity index (χ1v) is 13.0. The van der Waals surface area contributed by atoms with Crippen LogP contribution >= 0.6 is 0 Å². The Morgan fingerprint density at radius 2 is 1.79 bits per heavy atom. The molecule has 1 atom stereocenters. The van der Waals surface area contributed by atoms with E-state index < -0.39 is 58.5 Å². The average Bonchev–Trinajstić information content (AvgIpc) is 3.36. The van der Waals surface area contributed by atoms with E-state index in [1.807, 2.05) is 0 Å². The van der Waals surface area contributed by atoms with Crippen molar-refractivity contribution in [1.82, 2.24) is 30.4 Å². The van der Waals surface area contributed by atoms with Crippen LogP contribution in [0.4, 0.5) is 9.18 Å². The fourth-order valence-electron chi connectivity index (χ4n) is 3.71. The van der Waals surface area contributed by atoms with Crippen LogP contribution in [0.3, 0.4) is 0 Å². The molecule has 0 saturated heterocycles. The molecule has 0 bridgehead atoms. The van der Waals surface area contributed by atoms with Crippen LogP contribution in [0.5, 0.6) is 5.75 Å². The number of nitrogens with one attached hydrogen (secondary N) is 2. The number of aryl methyl sites for hydroxylation is 1.